The highest BCUT2D eigenvalue weighted by molar-refractivity contribution is 6.15. The van der Waals surface area contributed by atoms with Crippen LogP contribution in [0.5, 0.6) is 0 Å². The zero-order chi connectivity index (χ0) is 69.2. The van der Waals surface area contributed by atoms with Crippen LogP contribution in [0.25, 0.3) is 226 Å². The summed E-state index contributed by atoms with van der Waals surface area (Å²) in [6, 6.07) is 124. The molecule has 8 heteroatoms. The number of fused-ring (bicyclic) bond motifs is 19. The molecular weight excluding hydrogens is 1300 g/mol. The summed E-state index contributed by atoms with van der Waals surface area (Å²) in [5, 5.41) is 14.8. The first-order valence-corrected chi connectivity index (χ1v) is 36.0. The summed E-state index contributed by atoms with van der Waals surface area (Å²) in [7, 11) is 0. The number of hydrogen-bond acceptors (Lipinski definition) is 5. The van der Waals surface area contributed by atoms with Gasteiger partial charge in [0.2, 0.25) is 0 Å². The second-order valence-corrected chi connectivity index (χ2v) is 27.9. The fraction of sp³-hybridized carbons (Fsp3) is 0. The van der Waals surface area contributed by atoms with Crippen LogP contribution in [0, 0.1) is 0 Å². The smallest absolute Gasteiger partial charge is 0.160 e. The molecule has 106 heavy (non-hydrogen) atoms. The van der Waals surface area contributed by atoms with Gasteiger partial charge in [-0.25, -0.2) is 9.97 Å². The number of furan rings is 3. The fourth-order valence-corrected chi connectivity index (χ4v) is 17.0. The van der Waals surface area contributed by atoms with E-state index in [1.807, 2.05) is 36.4 Å². The maximum absolute atomic E-state index is 6.23. The molecule has 7 heterocycles. The molecule has 492 valence electrons. The maximum atomic E-state index is 6.23. The molecule has 0 spiro atoms. The van der Waals surface area contributed by atoms with Crippen molar-refractivity contribution < 1.29 is 13.3 Å². The number of benzene rings is 16. The van der Waals surface area contributed by atoms with E-state index < -0.39 is 0 Å². The third-order valence-corrected chi connectivity index (χ3v) is 22.1. The van der Waals surface area contributed by atoms with E-state index in [1.54, 1.807) is 0 Å². The maximum Gasteiger partial charge on any atom is 0.160 e. The number of para-hydroxylation sites is 6. The minimum absolute atomic E-state index is 0.647. The lowest BCUT2D eigenvalue weighted by atomic mass is 9.99. The van der Waals surface area contributed by atoms with Gasteiger partial charge in [0.1, 0.15) is 33.5 Å². The van der Waals surface area contributed by atoms with Gasteiger partial charge in [-0.15, -0.1) is 0 Å². The summed E-state index contributed by atoms with van der Waals surface area (Å²) in [5.41, 5.74) is 28.1. The summed E-state index contributed by atoms with van der Waals surface area (Å²) in [6.07, 6.45) is 0. The van der Waals surface area contributed by atoms with Gasteiger partial charge in [-0.05, 0) is 214 Å². The van der Waals surface area contributed by atoms with Crippen molar-refractivity contribution in [3.05, 3.63) is 346 Å². The van der Waals surface area contributed by atoms with E-state index in [0.717, 1.165) is 188 Å². The Hall–Kier alpha value is -14.3. The van der Waals surface area contributed by atoms with Crippen LogP contribution in [0.3, 0.4) is 0 Å². The van der Waals surface area contributed by atoms with Crippen molar-refractivity contribution in [2.45, 2.75) is 0 Å². The lowest BCUT2D eigenvalue weighted by Gasteiger charge is -2.14. The molecule has 0 N–H and O–H groups in total. The molecule has 0 aliphatic rings. The lowest BCUT2D eigenvalue weighted by Crippen LogP contribution is -1.98. The molecule has 0 radical (unpaired) electrons. The van der Waals surface area contributed by atoms with Crippen molar-refractivity contribution in [1.29, 1.82) is 0 Å². The Bertz CT molecular complexity index is 7630. The molecule has 0 amide bonds. The molecule has 0 aliphatic carbocycles. The van der Waals surface area contributed by atoms with Crippen LogP contribution >= 0.6 is 0 Å². The molecule has 0 unspecified atom stereocenters. The second-order valence-electron chi connectivity index (χ2n) is 27.9. The highest BCUT2D eigenvalue weighted by Gasteiger charge is 2.22. The molecule has 7 aromatic heterocycles. The van der Waals surface area contributed by atoms with Gasteiger partial charge in [0, 0.05) is 98.2 Å². The van der Waals surface area contributed by atoms with Gasteiger partial charge in [0.25, 0.3) is 0 Å². The zero-order valence-corrected chi connectivity index (χ0v) is 56.9. The molecule has 23 aromatic rings. The normalized spacial score (nSPS) is 12.2. The molecule has 8 nitrogen and oxygen atoms in total. The minimum atomic E-state index is 0.647. The lowest BCUT2D eigenvalue weighted by molar-refractivity contribution is 0.668. The van der Waals surface area contributed by atoms with Crippen LogP contribution in [0.4, 0.5) is 0 Å². The van der Waals surface area contributed by atoms with Gasteiger partial charge in [-0.3, -0.25) is 0 Å². The van der Waals surface area contributed by atoms with Gasteiger partial charge < -0.3 is 27.0 Å². The number of nitrogens with zero attached hydrogens (tertiary/aromatic N) is 5. The van der Waals surface area contributed by atoms with Crippen LogP contribution in [0.15, 0.2) is 359 Å². The van der Waals surface area contributed by atoms with Crippen molar-refractivity contribution in [2.75, 3.05) is 0 Å². The number of aromatic nitrogens is 5. The van der Waals surface area contributed by atoms with E-state index >= 15 is 0 Å². The van der Waals surface area contributed by atoms with Crippen LogP contribution in [-0.4, -0.2) is 23.7 Å². The molecule has 0 saturated heterocycles. The van der Waals surface area contributed by atoms with Gasteiger partial charge >= 0.3 is 0 Å². The predicted octanol–water partition coefficient (Wildman–Crippen LogP) is 26.6. The highest BCUT2D eigenvalue weighted by Crippen LogP contribution is 2.44. The van der Waals surface area contributed by atoms with Crippen molar-refractivity contribution in [2.24, 2.45) is 0 Å². The largest absolute Gasteiger partial charge is 0.456 e. The summed E-state index contributed by atoms with van der Waals surface area (Å²) in [5.74, 6) is 0.647. The van der Waals surface area contributed by atoms with E-state index in [1.165, 1.54) is 32.3 Å². The topological polar surface area (TPSA) is 80.0 Å². The molecule has 0 bridgehead atoms. The van der Waals surface area contributed by atoms with Gasteiger partial charge in [0.15, 0.2) is 5.82 Å². The minimum Gasteiger partial charge on any atom is -0.456 e. The molecular formula is C98H57N5O3. The van der Waals surface area contributed by atoms with Gasteiger partial charge in [0.05, 0.1) is 44.3 Å². The summed E-state index contributed by atoms with van der Waals surface area (Å²) >= 11 is 0. The van der Waals surface area contributed by atoms with E-state index in [2.05, 4.69) is 323 Å². The second kappa shape index (κ2) is 22.6. The van der Waals surface area contributed by atoms with Crippen molar-refractivity contribution in [3.63, 3.8) is 0 Å². The third kappa shape index (κ3) is 8.95. The quantitative estimate of drug-likeness (QED) is 0.144. The van der Waals surface area contributed by atoms with Crippen molar-refractivity contribution in [1.82, 2.24) is 23.7 Å². The van der Waals surface area contributed by atoms with E-state index in [0.29, 0.717) is 5.82 Å². The number of rotatable bonds is 9. The molecule has 23 rings (SSSR count). The molecule has 0 atom stereocenters. The van der Waals surface area contributed by atoms with Crippen molar-refractivity contribution >= 4 is 142 Å². The van der Waals surface area contributed by atoms with E-state index in [4.69, 9.17) is 23.2 Å². The van der Waals surface area contributed by atoms with Crippen LogP contribution in [0.2, 0.25) is 0 Å². The summed E-state index contributed by atoms with van der Waals surface area (Å²) < 4.78 is 25.8. The van der Waals surface area contributed by atoms with Gasteiger partial charge in [-0.1, -0.05) is 176 Å². The molecule has 0 aliphatic heterocycles. The fourth-order valence-electron chi connectivity index (χ4n) is 17.0. The Morgan fingerprint density at radius 1 is 0.179 bits per heavy atom. The van der Waals surface area contributed by atoms with E-state index in [-0.39, 0.29) is 0 Å². The Morgan fingerprint density at radius 2 is 0.453 bits per heavy atom. The first-order chi connectivity index (χ1) is 52.5. The van der Waals surface area contributed by atoms with Crippen LogP contribution < -0.4 is 0 Å². The SMILES string of the molecule is c1ccc2c(c1)oc1ccc(-c3ccc4c(c3)c3ccccc3n4-c3ccc(-c4ccc5nc(-c6ccc(-n7c8ccccc8c8cc(-c9ccc%10oc%11ccccc%11c%10c9)ccc87)cc6)nc(-c6ccc(-n7c8ccccc8c8cc(-c9ccc%10oc%11ccccc%11c%10c9)ccc87)cc6)c5c4)cc3)cc12. The standard InChI is InChI=1S/C98H57N5O3/c1-7-19-85-71(13-1)77-51-62(65-35-48-94-80(54-65)74-16-4-10-22-91(74)104-94)32-45-88(77)101(85)68-38-25-58(26-39-68)61-31-44-84-83(57-61)97(59-27-40-69(41-28-59)102-86-20-8-2-14-72(86)78-52-63(33-46-89(78)102)66-36-49-95-81(55-66)75-17-5-11-23-92(75)105-95)100-98(99-84)60-29-42-70(43-30-60)103-87-21-9-3-15-73(87)79-53-64(34-47-90(79)103)67-37-50-96-82(56-67)76-18-6-12-24-93(76)106-96/h1-57H. The third-order valence-electron chi connectivity index (χ3n) is 22.1. The predicted molar refractivity (Wildman–Crippen MR) is 437 cm³/mol. The van der Waals surface area contributed by atoms with Crippen molar-refractivity contribution in [3.8, 4) is 84.2 Å². The Labute approximate surface area is 605 Å². The van der Waals surface area contributed by atoms with Crippen LogP contribution in [0.1, 0.15) is 0 Å². The first-order valence-electron chi connectivity index (χ1n) is 36.0. The highest BCUT2D eigenvalue weighted by atomic mass is 16.3. The average molecular weight is 1350 g/mol. The Kier molecular flexibility index (Phi) is 12.4. The Balaban J connectivity index is 0.622. The monoisotopic (exact) mass is 1350 g/mol. The summed E-state index contributed by atoms with van der Waals surface area (Å²) in [6.45, 7) is 0. The molecule has 0 fully saturated rings. The van der Waals surface area contributed by atoms with Gasteiger partial charge in [-0.2, -0.15) is 0 Å². The Morgan fingerprint density at radius 3 is 0.849 bits per heavy atom. The first kappa shape index (κ1) is 58.3. The summed E-state index contributed by atoms with van der Waals surface area (Å²) in [4.78, 5) is 11.0. The number of hydrogen-bond donors (Lipinski definition) is 0. The average Bonchev–Trinajstić information content (AvgIpc) is 1.60. The molecule has 0 saturated carbocycles. The van der Waals surface area contributed by atoms with E-state index in [9.17, 15) is 0 Å². The molecule has 16 aromatic carbocycles. The van der Waals surface area contributed by atoms with Crippen LogP contribution in [-0.2, 0) is 0 Å². The zero-order valence-electron chi connectivity index (χ0n) is 56.9.